The van der Waals surface area contributed by atoms with Gasteiger partial charge < -0.3 is 0 Å². The van der Waals surface area contributed by atoms with Crippen molar-refractivity contribution in [1.29, 1.82) is 0 Å². The fraction of sp³-hybridized carbons (Fsp3) is 1.00. The molecule has 4 atom stereocenters. The van der Waals surface area contributed by atoms with Crippen molar-refractivity contribution in [2.24, 2.45) is 23.7 Å². The van der Waals surface area contributed by atoms with Crippen LogP contribution in [0.3, 0.4) is 0 Å². The van der Waals surface area contributed by atoms with Gasteiger partial charge in [-0.05, 0) is 36.5 Å². The minimum atomic E-state index is 1.00. The Morgan fingerprint density at radius 2 is 0.643 bits per heavy atom. The largest absolute Gasteiger partial charge is 0.0654 e. The van der Waals surface area contributed by atoms with Gasteiger partial charge in [0.05, 0.1) is 0 Å². The molecule has 2 rings (SSSR count). The summed E-state index contributed by atoms with van der Waals surface area (Å²) < 4.78 is 0. The van der Waals surface area contributed by atoms with Crippen LogP contribution in [0.4, 0.5) is 0 Å². The average molecular weight is 397 g/mol. The molecule has 0 heterocycles. The van der Waals surface area contributed by atoms with E-state index in [0.717, 1.165) is 23.7 Å². The molecule has 0 amide bonds. The van der Waals surface area contributed by atoms with Crippen LogP contribution >= 0.6 is 0 Å². The highest BCUT2D eigenvalue weighted by atomic mass is 14.2. The fourth-order valence-corrected chi connectivity index (χ4v) is 4.52. The van der Waals surface area contributed by atoms with E-state index in [1.165, 1.54) is 103 Å². The summed E-state index contributed by atoms with van der Waals surface area (Å²) in [5.41, 5.74) is 0. The molecule has 2 fully saturated rings. The van der Waals surface area contributed by atoms with E-state index in [4.69, 9.17) is 0 Å². The van der Waals surface area contributed by atoms with Gasteiger partial charge in [0.15, 0.2) is 0 Å². The number of rotatable bonds is 4. The molecule has 0 aliphatic heterocycles. The molecular formula is C28H60. The molecule has 2 saturated carbocycles. The molecule has 0 radical (unpaired) electrons. The van der Waals surface area contributed by atoms with Crippen LogP contribution in [0.5, 0.6) is 0 Å². The van der Waals surface area contributed by atoms with Gasteiger partial charge in [0.25, 0.3) is 0 Å². The van der Waals surface area contributed by atoms with Crippen molar-refractivity contribution in [3.63, 3.8) is 0 Å². The molecule has 0 aromatic carbocycles. The van der Waals surface area contributed by atoms with Gasteiger partial charge in [-0.15, -0.1) is 0 Å². The molecule has 0 aromatic rings. The maximum absolute atomic E-state index is 2.39. The van der Waals surface area contributed by atoms with Crippen LogP contribution in [-0.4, -0.2) is 0 Å². The number of hydrogen-bond acceptors (Lipinski definition) is 0. The van der Waals surface area contributed by atoms with Crippen molar-refractivity contribution < 1.29 is 0 Å². The van der Waals surface area contributed by atoms with Crippen LogP contribution in [0, 0.1) is 23.7 Å². The molecule has 0 aromatic heterocycles. The third kappa shape index (κ3) is 24.0. The maximum atomic E-state index is 2.39. The molecule has 2 aliphatic rings. The Kier molecular flexibility index (Phi) is 25.1. The second kappa shape index (κ2) is 23.3. The van der Waals surface area contributed by atoms with Crippen molar-refractivity contribution >= 4 is 0 Å². The summed E-state index contributed by atoms with van der Waals surface area (Å²) in [6.45, 7) is 18.4. The lowest BCUT2D eigenvalue weighted by molar-refractivity contribution is 0.423. The van der Waals surface area contributed by atoms with Crippen molar-refractivity contribution in [3.8, 4) is 0 Å². The molecule has 0 saturated heterocycles. The first-order valence-corrected chi connectivity index (χ1v) is 13.4. The Morgan fingerprint density at radius 1 is 0.429 bits per heavy atom. The second-order valence-corrected chi connectivity index (χ2v) is 10.2. The molecule has 4 unspecified atom stereocenters. The molecule has 0 N–H and O–H groups in total. The fourth-order valence-electron chi connectivity index (χ4n) is 4.52. The maximum Gasteiger partial charge on any atom is -0.0440 e. The van der Waals surface area contributed by atoms with Crippen LogP contribution < -0.4 is 0 Å². The van der Waals surface area contributed by atoms with Crippen molar-refractivity contribution in [2.45, 2.75) is 158 Å². The minimum absolute atomic E-state index is 1.00. The Balaban J connectivity index is 0. The Bertz CT molecular complexity index is 217. The molecular weight excluding hydrogens is 336 g/mol. The van der Waals surface area contributed by atoms with E-state index >= 15 is 0 Å². The summed E-state index contributed by atoms with van der Waals surface area (Å²) in [5.74, 6) is 4.01. The van der Waals surface area contributed by atoms with Crippen molar-refractivity contribution in [1.82, 2.24) is 0 Å². The zero-order valence-electron chi connectivity index (χ0n) is 21.6. The topological polar surface area (TPSA) is 0 Å². The normalized spacial score (nSPS) is 27.4. The molecule has 172 valence electrons. The molecule has 0 nitrogen and oxygen atoms in total. The van der Waals surface area contributed by atoms with E-state index in [1.807, 2.05) is 0 Å². The highest BCUT2D eigenvalue weighted by Gasteiger charge is 2.12. The standard InChI is InChI=1S/2C9H18.2C5H12/c2*1-8-5-3-4-6-9(2)7-8;2*1-3-5-4-2/h2*8-9H,3-7H2,1-2H3;2*3-5H2,1-2H3. The average Bonchev–Trinajstić information content (AvgIpc) is 2.96. The van der Waals surface area contributed by atoms with E-state index in [0.29, 0.717) is 0 Å². The smallest absolute Gasteiger partial charge is 0.0440 e. The van der Waals surface area contributed by atoms with Gasteiger partial charge in [-0.1, -0.05) is 145 Å². The van der Waals surface area contributed by atoms with Gasteiger partial charge in [0.2, 0.25) is 0 Å². The molecule has 0 bridgehead atoms. The third-order valence-electron chi connectivity index (χ3n) is 6.31. The van der Waals surface area contributed by atoms with Gasteiger partial charge in [-0.3, -0.25) is 0 Å². The summed E-state index contributed by atoms with van der Waals surface area (Å²) in [7, 11) is 0. The Morgan fingerprint density at radius 3 is 0.786 bits per heavy atom. The van der Waals surface area contributed by atoms with Crippen LogP contribution in [0.15, 0.2) is 0 Å². The monoisotopic (exact) mass is 396 g/mol. The lowest BCUT2D eigenvalue weighted by atomic mass is 9.96. The highest BCUT2D eigenvalue weighted by Crippen LogP contribution is 2.27. The Hall–Kier alpha value is 0. The van der Waals surface area contributed by atoms with Gasteiger partial charge >= 0.3 is 0 Å². The minimum Gasteiger partial charge on any atom is -0.0654 e. The lowest BCUT2D eigenvalue weighted by Crippen LogP contribution is -1.97. The van der Waals surface area contributed by atoms with Crippen LogP contribution in [-0.2, 0) is 0 Å². The van der Waals surface area contributed by atoms with E-state index in [2.05, 4.69) is 55.4 Å². The van der Waals surface area contributed by atoms with Crippen LogP contribution in [0.25, 0.3) is 0 Å². The SMILES string of the molecule is CC1CCCCC(C)C1.CC1CCCCC(C)C1.CCCCC.CCCCC. The van der Waals surface area contributed by atoms with Gasteiger partial charge in [-0.25, -0.2) is 0 Å². The zero-order chi connectivity index (χ0) is 21.6. The van der Waals surface area contributed by atoms with Gasteiger partial charge in [0, 0.05) is 0 Å². The summed E-state index contributed by atoms with van der Waals surface area (Å²) >= 11 is 0. The zero-order valence-corrected chi connectivity index (χ0v) is 21.6. The molecule has 28 heavy (non-hydrogen) atoms. The third-order valence-corrected chi connectivity index (χ3v) is 6.31. The highest BCUT2D eigenvalue weighted by molar-refractivity contribution is 4.65. The van der Waals surface area contributed by atoms with E-state index in [-0.39, 0.29) is 0 Å². The quantitative estimate of drug-likeness (QED) is 0.414. The van der Waals surface area contributed by atoms with E-state index in [1.54, 1.807) is 0 Å². The van der Waals surface area contributed by atoms with Crippen LogP contribution in [0.2, 0.25) is 0 Å². The van der Waals surface area contributed by atoms with Crippen LogP contribution in [0.1, 0.15) is 158 Å². The Labute approximate surface area is 182 Å². The molecule has 0 heteroatoms. The first-order valence-electron chi connectivity index (χ1n) is 13.4. The van der Waals surface area contributed by atoms with Gasteiger partial charge in [-0.2, -0.15) is 0 Å². The first-order chi connectivity index (χ1) is 13.4. The lowest BCUT2D eigenvalue weighted by Gasteiger charge is -2.09. The number of hydrogen-bond donors (Lipinski definition) is 0. The van der Waals surface area contributed by atoms with E-state index in [9.17, 15) is 0 Å². The van der Waals surface area contributed by atoms with E-state index < -0.39 is 0 Å². The predicted octanol–water partition coefficient (Wildman–Crippen LogP) is 10.8. The molecule has 0 spiro atoms. The van der Waals surface area contributed by atoms with Crippen molar-refractivity contribution in [3.05, 3.63) is 0 Å². The second-order valence-electron chi connectivity index (χ2n) is 10.2. The number of unbranched alkanes of at least 4 members (excludes halogenated alkanes) is 4. The summed E-state index contributed by atoms with van der Waals surface area (Å²) in [6.07, 6.45) is 22.9. The molecule has 2 aliphatic carbocycles. The summed E-state index contributed by atoms with van der Waals surface area (Å²) in [6, 6.07) is 0. The predicted molar refractivity (Wildman–Crippen MR) is 133 cm³/mol. The first kappa shape index (κ1) is 30.2. The summed E-state index contributed by atoms with van der Waals surface area (Å²) in [5, 5.41) is 0. The van der Waals surface area contributed by atoms with Gasteiger partial charge in [0.1, 0.15) is 0 Å². The van der Waals surface area contributed by atoms with Crippen molar-refractivity contribution in [2.75, 3.05) is 0 Å². The summed E-state index contributed by atoms with van der Waals surface area (Å²) in [4.78, 5) is 0.